The third kappa shape index (κ3) is 17.9. The molecule has 17 atom stereocenters. The van der Waals surface area contributed by atoms with Crippen molar-refractivity contribution in [3.8, 4) is 0 Å². The summed E-state index contributed by atoms with van der Waals surface area (Å²) < 4.78 is 33.7. The lowest BCUT2D eigenvalue weighted by atomic mass is 9.96. The number of unbranched alkanes of at least 4 members (excludes halogenated alkanes) is 16. The zero-order chi connectivity index (χ0) is 46.3. The highest BCUT2D eigenvalue weighted by atomic mass is 16.8. The van der Waals surface area contributed by atoms with Gasteiger partial charge >= 0.3 is 0 Å². The van der Waals surface area contributed by atoms with Crippen molar-refractivity contribution in [1.29, 1.82) is 0 Å². The van der Waals surface area contributed by atoms with Crippen LogP contribution in [-0.2, 0) is 33.2 Å². The Labute approximate surface area is 372 Å². The lowest BCUT2D eigenvalue weighted by molar-refractivity contribution is -0.379. The van der Waals surface area contributed by atoms with Crippen molar-refractivity contribution in [2.45, 2.75) is 234 Å². The molecular weight excluding hydrogens is 830 g/mol. The van der Waals surface area contributed by atoms with Gasteiger partial charge < -0.3 is 89.9 Å². The van der Waals surface area contributed by atoms with E-state index in [2.05, 4.69) is 12.2 Å². The molecule has 3 heterocycles. The minimum atomic E-state index is -1.97. The summed E-state index contributed by atoms with van der Waals surface area (Å²) in [6.45, 7) is 1.11. The highest BCUT2D eigenvalue weighted by molar-refractivity contribution is 5.75. The second-order valence-corrected chi connectivity index (χ2v) is 17.2. The highest BCUT2D eigenvalue weighted by Gasteiger charge is 2.53. The number of aliphatic hydroxyl groups excluding tert-OH is 11. The molecule has 3 rings (SSSR count). The Kier molecular flexibility index (Phi) is 27.3. The Morgan fingerprint density at radius 3 is 1.43 bits per heavy atom. The summed E-state index contributed by atoms with van der Waals surface area (Å²) in [5.41, 5.74) is 0. The van der Waals surface area contributed by atoms with Crippen molar-refractivity contribution in [1.82, 2.24) is 5.32 Å². The second-order valence-electron chi connectivity index (χ2n) is 17.2. The van der Waals surface area contributed by atoms with Crippen LogP contribution in [-0.4, -0.2) is 193 Å². The summed E-state index contributed by atoms with van der Waals surface area (Å²) >= 11 is 0. The third-order valence-electron chi connectivity index (χ3n) is 12.1. The minimum absolute atomic E-state index is 0.126. The Balaban J connectivity index is 1.44. The summed E-state index contributed by atoms with van der Waals surface area (Å²) in [5.74, 6) is -0.365. The van der Waals surface area contributed by atoms with E-state index in [0.29, 0.717) is 0 Å². The standard InChI is InChI=1S/C44H81NO18/c1-3-5-6-7-8-9-10-11-12-13-14-15-16-17-18-19-20-21-22-28(49)27(45-32(50)4-2)26-58-42-38(56)35(53)40(30(24-47)60-42)63-44-39(57)36(54)41(31(25-48)61-44)62-43-37(55)34(52)33(51)29(23-46)59-43/h21-22,27-31,33-44,46-49,51-57H,3-20,23-26H2,1-2H3,(H,45,50)/b22-21+. The molecule has 0 spiro atoms. The average molecular weight is 912 g/mol. The van der Waals surface area contributed by atoms with Crippen LogP contribution in [0.5, 0.6) is 0 Å². The first-order valence-corrected chi connectivity index (χ1v) is 23.4. The fourth-order valence-electron chi connectivity index (χ4n) is 8.09. The second kappa shape index (κ2) is 30.7. The summed E-state index contributed by atoms with van der Waals surface area (Å²) in [4.78, 5) is 12.4. The molecule has 3 aliphatic heterocycles. The van der Waals surface area contributed by atoms with E-state index in [9.17, 15) is 61.0 Å². The molecule has 19 nitrogen and oxygen atoms in total. The van der Waals surface area contributed by atoms with Gasteiger partial charge in [-0.2, -0.15) is 0 Å². The molecule has 0 saturated carbocycles. The van der Waals surface area contributed by atoms with Crippen LogP contribution in [0.2, 0.25) is 0 Å². The molecule has 19 heteroatoms. The Morgan fingerprint density at radius 1 is 0.556 bits per heavy atom. The molecule has 3 aliphatic rings. The summed E-state index contributed by atoms with van der Waals surface area (Å²) in [7, 11) is 0. The van der Waals surface area contributed by atoms with Gasteiger partial charge in [-0.25, -0.2) is 0 Å². The van der Waals surface area contributed by atoms with E-state index >= 15 is 0 Å². The van der Waals surface area contributed by atoms with E-state index in [-0.39, 0.29) is 18.9 Å². The van der Waals surface area contributed by atoms with Crippen molar-refractivity contribution in [2.24, 2.45) is 0 Å². The first-order chi connectivity index (χ1) is 30.3. The van der Waals surface area contributed by atoms with Crippen LogP contribution in [0.25, 0.3) is 0 Å². The normalized spacial score (nSPS) is 34.9. The van der Waals surface area contributed by atoms with E-state index in [1.807, 2.05) is 6.08 Å². The molecule has 12 N–H and O–H groups in total. The zero-order valence-electron chi connectivity index (χ0n) is 37.3. The molecule has 0 radical (unpaired) electrons. The SMILES string of the molecule is CCCCCCCCCCCCCCCCCC/C=C/C(O)C(COC1OC(CO)C(OC2OC(CO)C(OC3OC(CO)C(O)C(O)C3O)C(O)C2O)C(O)C1O)NC(=O)CC. The van der Waals surface area contributed by atoms with Gasteiger partial charge in [-0.1, -0.05) is 122 Å². The highest BCUT2D eigenvalue weighted by Crippen LogP contribution is 2.33. The number of allylic oxidation sites excluding steroid dienone is 1. The minimum Gasteiger partial charge on any atom is -0.394 e. The van der Waals surface area contributed by atoms with Crippen molar-refractivity contribution >= 4 is 5.91 Å². The van der Waals surface area contributed by atoms with Crippen LogP contribution in [0.15, 0.2) is 12.2 Å². The van der Waals surface area contributed by atoms with E-state index in [1.165, 1.54) is 83.5 Å². The molecule has 0 aliphatic carbocycles. The number of carbonyl (C=O) groups is 1. The maximum Gasteiger partial charge on any atom is 0.220 e. The Morgan fingerprint density at radius 2 is 0.968 bits per heavy atom. The van der Waals surface area contributed by atoms with Gasteiger partial charge in [-0.3, -0.25) is 4.79 Å². The number of ether oxygens (including phenoxy) is 6. The number of aliphatic hydroxyl groups is 11. The van der Waals surface area contributed by atoms with Crippen LogP contribution in [0.1, 0.15) is 129 Å². The molecule has 0 aromatic carbocycles. The van der Waals surface area contributed by atoms with Crippen LogP contribution in [0.3, 0.4) is 0 Å². The van der Waals surface area contributed by atoms with Gasteiger partial charge in [-0.05, 0) is 12.8 Å². The van der Waals surface area contributed by atoms with Crippen molar-refractivity contribution in [2.75, 3.05) is 26.4 Å². The number of hydrogen-bond donors (Lipinski definition) is 12. The van der Waals surface area contributed by atoms with Crippen molar-refractivity contribution < 1.29 is 89.4 Å². The Hall–Kier alpha value is -1.47. The number of carbonyl (C=O) groups excluding carboxylic acids is 1. The maximum atomic E-state index is 12.4. The predicted molar refractivity (Wildman–Crippen MR) is 227 cm³/mol. The molecule has 1 amide bonds. The summed E-state index contributed by atoms with van der Waals surface area (Å²) in [6.07, 6.45) is -2.08. The molecule has 0 bridgehead atoms. The number of hydrogen-bond acceptors (Lipinski definition) is 18. The van der Waals surface area contributed by atoms with Gasteiger partial charge in [0.25, 0.3) is 0 Å². The maximum absolute atomic E-state index is 12.4. The third-order valence-corrected chi connectivity index (χ3v) is 12.1. The van der Waals surface area contributed by atoms with Crippen molar-refractivity contribution in [3.05, 3.63) is 12.2 Å². The van der Waals surface area contributed by atoms with Gasteiger partial charge in [0, 0.05) is 6.42 Å². The van der Waals surface area contributed by atoms with Crippen molar-refractivity contribution in [3.63, 3.8) is 0 Å². The van der Waals surface area contributed by atoms with Crippen LogP contribution >= 0.6 is 0 Å². The van der Waals surface area contributed by atoms with E-state index in [1.54, 1.807) is 13.0 Å². The first-order valence-electron chi connectivity index (χ1n) is 23.4. The van der Waals surface area contributed by atoms with E-state index in [0.717, 1.165) is 25.7 Å². The summed E-state index contributed by atoms with van der Waals surface area (Å²) in [5, 5.41) is 118. The smallest absolute Gasteiger partial charge is 0.220 e. The molecular formula is C44H81NO18. The van der Waals surface area contributed by atoms with E-state index in [4.69, 9.17) is 28.4 Å². The average Bonchev–Trinajstić information content (AvgIpc) is 3.28. The fraction of sp³-hybridized carbons (Fsp3) is 0.932. The van der Waals surface area contributed by atoms with Gasteiger partial charge in [0.1, 0.15) is 73.2 Å². The van der Waals surface area contributed by atoms with Crippen LogP contribution in [0, 0.1) is 0 Å². The predicted octanol–water partition coefficient (Wildman–Crippen LogP) is -0.0852. The van der Waals surface area contributed by atoms with Gasteiger partial charge in [0.05, 0.1) is 38.6 Å². The number of nitrogens with one attached hydrogen (secondary N) is 1. The molecule has 0 aromatic heterocycles. The van der Waals surface area contributed by atoms with Gasteiger partial charge in [0.15, 0.2) is 18.9 Å². The Bertz CT molecular complexity index is 1230. The molecule has 370 valence electrons. The molecule has 63 heavy (non-hydrogen) atoms. The fourth-order valence-corrected chi connectivity index (χ4v) is 8.09. The monoisotopic (exact) mass is 912 g/mol. The lowest BCUT2D eigenvalue weighted by Crippen LogP contribution is -2.66. The first kappa shape index (κ1) is 55.9. The zero-order valence-corrected chi connectivity index (χ0v) is 37.3. The molecule has 3 saturated heterocycles. The molecule has 0 aromatic rings. The van der Waals surface area contributed by atoms with E-state index < -0.39 is 124 Å². The van der Waals surface area contributed by atoms with Crippen LogP contribution < -0.4 is 5.32 Å². The van der Waals surface area contributed by atoms with Gasteiger partial charge in [0.2, 0.25) is 5.91 Å². The summed E-state index contributed by atoms with van der Waals surface area (Å²) in [6, 6.07) is -0.963. The quantitative estimate of drug-likeness (QED) is 0.0320. The molecule has 17 unspecified atom stereocenters. The topological polar surface area (TPSA) is 307 Å². The largest absolute Gasteiger partial charge is 0.394 e. The van der Waals surface area contributed by atoms with Gasteiger partial charge in [-0.15, -0.1) is 0 Å². The lowest BCUT2D eigenvalue weighted by Gasteiger charge is -2.48. The number of amides is 1. The number of rotatable bonds is 31. The van der Waals surface area contributed by atoms with Crippen LogP contribution in [0.4, 0.5) is 0 Å². The molecule has 3 fully saturated rings.